The predicted molar refractivity (Wildman–Crippen MR) is 84.3 cm³/mol. The summed E-state index contributed by atoms with van der Waals surface area (Å²) in [5.74, 6) is 0.953. The first kappa shape index (κ1) is 13.7. The number of fused-ring (bicyclic) bond motifs is 1. The average Bonchev–Trinajstić information content (AvgIpc) is 3.22. The molecule has 0 atom stereocenters. The first-order valence-electron chi connectivity index (χ1n) is 7.53. The van der Waals surface area contributed by atoms with Crippen molar-refractivity contribution in [2.45, 2.75) is 0 Å². The lowest BCUT2D eigenvalue weighted by Gasteiger charge is -2.35. The third kappa shape index (κ3) is 2.41. The second-order valence-corrected chi connectivity index (χ2v) is 5.59. The predicted octanol–water partition coefficient (Wildman–Crippen LogP) is 0.425. The van der Waals surface area contributed by atoms with Crippen LogP contribution >= 0.6 is 0 Å². The summed E-state index contributed by atoms with van der Waals surface area (Å²) in [6.07, 6.45) is 6.90. The maximum absolute atomic E-state index is 12.5. The normalized spacial score (nSPS) is 15.3. The molecule has 0 aliphatic carbocycles. The van der Waals surface area contributed by atoms with Crippen molar-refractivity contribution in [2.24, 2.45) is 7.05 Å². The van der Waals surface area contributed by atoms with Crippen molar-refractivity contribution in [1.82, 2.24) is 29.0 Å². The Morgan fingerprint density at radius 1 is 1.17 bits per heavy atom. The molecule has 4 heterocycles. The molecule has 1 aliphatic rings. The molecule has 3 aromatic heterocycles. The molecule has 4 rings (SSSR count). The second-order valence-electron chi connectivity index (χ2n) is 5.59. The van der Waals surface area contributed by atoms with Gasteiger partial charge >= 0.3 is 0 Å². The highest BCUT2D eigenvalue weighted by Gasteiger charge is 2.24. The van der Waals surface area contributed by atoms with Gasteiger partial charge in [0, 0.05) is 45.5 Å². The van der Waals surface area contributed by atoms with Crippen LogP contribution in [-0.4, -0.2) is 61.1 Å². The van der Waals surface area contributed by atoms with Gasteiger partial charge in [-0.05, 0) is 6.07 Å². The number of piperazine rings is 1. The fourth-order valence-corrected chi connectivity index (χ4v) is 2.84. The molecule has 3 aromatic rings. The van der Waals surface area contributed by atoms with Crippen molar-refractivity contribution in [3.63, 3.8) is 0 Å². The summed E-state index contributed by atoms with van der Waals surface area (Å²) in [4.78, 5) is 25.2. The van der Waals surface area contributed by atoms with Gasteiger partial charge in [0.05, 0.1) is 18.7 Å². The molecule has 0 spiro atoms. The lowest BCUT2D eigenvalue weighted by atomic mass is 10.2. The number of aryl methyl sites for hydroxylation is 1. The van der Waals surface area contributed by atoms with E-state index < -0.39 is 0 Å². The molecule has 8 nitrogen and oxygen atoms in total. The van der Waals surface area contributed by atoms with Gasteiger partial charge in [-0.25, -0.2) is 14.5 Å². The topological polar surface area (TPSA) is 71.6 Å². The molecule has 0 N–H and O–H groups in total. The molecule has 0 bridgehead atoms. The van der Waals surface area contributed by atoms with Crippen LogP contribution in [0.25, 0.3) is 5.65 Å². The summed E-state index contributed by atoms with van der Waals surface area (Å²) in [5.41, 5.74) is 1.45. The molecule has 23 heavy (non-hydrogen) atoms. The Labute approximate surface area is 133 Å². The molecule has 118 valence electrons. The van der Waals surface area contributed by atoms with Crippen molar-refractivity contribution in [1.29, 1.82) is 0 Å². The number of aromatic nitrogens is 5. The molecular weight excluding hydrogens is 294 g/mol. The van der Waals surface area contributed by atoms with Crippen LogP contribution in [0.4, 0.5) is 5.82 Å². The Balaban J connectivity index is 1.46. The maximum Gasteiger partial charge on any atom is 0.272 e. The Morgan fingerprint density at radius 3 is 2.74 bits per heavy atom. The van der Waals surface area contributed by atoms with Gasteiger partial charge in [0.25, 0.3) is 5.91 Å². The van der Waals surface area contributed by atoms with Gasteiger partial charge in [-0.15, -0.1) is 0 Å². The Morgan fingerprint density at radius 2 is 2.00 bits per heavy atom. The molecule has 0 saturated carbocycles. The van der Waals surface area contributed by atoms with Crippen LogP contribution in [0.2, 0.25) is 0 Å². The first-order chi connectivity index (χ1) is 11.2. The molecule has 0 aromatic carbocycles. The lowest BCUT2D eigenvalue weighted by Crippen LogP contribution is -2.49. The van der Waals surface area contributed by atoms with Gasteiger partial charge in [-0.3, -0.25) is 4.79 Å². The smallest absolute Gasteiger partial charge is 0.272 e. The van der Waals surface area contributed by atoms with Gasteiger partial charge in [-0.2, -0.15) is 5.10 Å². The zero-order valence-electron chi connectivity index (χ0n) is 12.8. The van der Waals surface area contributed by atoms with Crippen molar-refractivity contribution in [3.05, 3.63) is 42.7 Å². The molecule has 1 aliphatic heterocycles. The number of carbonyl (C=O) groups is 1. The molecule has 0 radical (unpaired) electrons. The van der Waals surface area contributed by atoms with Crippen LogP contribution < -0.4 is 4.90 Å². The number of anilines is 1. The number of imidazole rings is 1. The zero-order valence-corrected chi connectivity index (χ0v) is 12.8. The van der Waals surface area contributed by atoms with Crippen LogP contribution in [0.15, 0.2) is 37.1 Å². The second kappa shape index (κ2) is 5.38. The van der Waals surface area contributed by atoms with E-state index in [2.05, 4.69) is 20.0 Å². The fraction of sp³-hybridized carbons (Fsp3) is 0.333. The Bertz CT molecular complexity index is 844. The minimum absolute atomic E-state index is 0.0313. The quantitative estimate of drug-likeness (QED) is 0.686. The fourth-order valence-electron chi connectivity index (χ4n) is 2.84. The highest BCUT2D eigenvalue weighted by atomic mass is 16.2. The van der Waals surface area contributed by atoms with E-state index in [1.165, 1.54) is 0 Å². The number of hydrogen-bond donors (Lipinski definition) is 0. The number of hydrogen-bond acceptors (Lipinski definition) is 5. The van der Waals surface area contributed by atoms with Crippen LogP contribution in [0, 0.1) is 0 Å². The van der Waals surface area contributed by atoms with Crippen molar-refractivity contribution >= 4 is 17.4 Å². The zero-order chi connectivity index (χ0) is 15.8. The average molecular weight is 311 g/mol. The summed E-state index contributed by atoms with van der Waals surface area (Å²) in [7, 11) is 1.83. The van der Waals surface area contributed by atoms with E-state index >= 15 is 0 Å². The maximum atomic E-state index is 12.5. The van der Waals surface area contributed by atoms with E-state index in [0.717, 1.165) is 24.6 Å². The van der Waals surface area contributed by atoms with E-state index in [4.69, 9.17) is 0 Å². The molecule has 8 heteroatoms. The first-order valence-corrected chi connectivity index (χ1v) is 7.53. The van der Waals surface area contributed by atoms with Gasteiger partial charge in [0.2, 0.25) is 0 Å². The molecule has 0 unspecified atom stereocenters. The number of carbonyl (C=O) groups excluding carboxylic acids is 1. The summed E-state index contributed by atoms with van der Waals surface area (Å²) in [6.45, 7) is 2.88. The monoisotopic (exact) mass is 311 g/mol. The van der Waals surface area contributed by atoms with Gasteiger partial charge < -0.3 is 14.4 Å². The number of amides is 1. The van der Waals surface area contributed by atoms with Crippen molar-refractivity contribution < 1.29 is 4.79 Å². The van der Waals surface area contributed by atoms with Crippen LogP contribution in [0.1, 0.15) is 10.5 Å². The largest absolute Gasteiger partial charge is 0.353 e. The molecular formula is C15H17N7O. The number of nitrogens with zero attached hydrogens (tertiary/aromatic N) is 7. The van der Waals surface area contributed by atoms with E-state index in [1.807, 2.05) is 30.3 Å². The summed E-state index contributed by atoms with van der Waals surface area (Å²) in [6, 6.07) is 3.84. The van der Waals surface area contributed by atoms with Crippen LogP contribution in [-0.2, 0) is 7.05 Å². The third-order valence-corrected chi connectivity index (χ3v) is 4.17. The molecule has 1 amide bonds. The summed E-state index contributed by atoms with van der Waals surface area (Å²) < 4.78 is 3.50. The van der Waals surface area contributed by atoms with E-state index in [9.17, 15) is 4.79 Å². The van der Waals surface area contributed by atoms with Crippen LogP contribution in [0.5, 0.6) is 0 Å². The van der Waals surface area contributed by atoms with E-state index in [1.54, 1.807) is 27.8 Å². The minimum Gasteiger partial charge on any atom is -0.353 e. The summed E-state index contributed by atoms with van der Waals surface area (Å²) >= 11 is 0. The minimum atomic E-state index is 0.0313. The third-order valence-electron chi connectivity index (χ3n) is 4.17. The van der Waals surface area contributed by atoms with Gasteiger partial charge in [-0.1, -0.05) is 0 Å². The van der Waals surface area contributed by atoms with Gasteiger partial charge in [0.1, 0.15) is 11.5 Å². The Kier molecular flexibility index (Phi) is 3.22. The molecule has 1 saturated heterocycles. The number of rotatable bonds is 2. The Hall–Kier alpha value is -2.90. The highest BCUT2D eigenvalue weighted by molar-refractivity contribution is 5.92. The van der Waals surface area contributed by atoms with Gasteiger partial charge in [0.15, 0.2) is 5.65 Å². The SMILES string of the molecule is Cn1cncc1C(=O)N1CCN(c2ccn3nccc3n2)CC1. The van der Waals surface area contributed by atoms with E-state index in [-0.39, 0.29) is 5.91 Å². The van der Waals surface area contributed by atoms with E-state index in [0.29, 0.717) is 18.8 Å². The van der Waals surface area contributed by atoms with Crippen molar-refractivity contribution in [3.8, 4) is 0 Å². The molecule has 1 fully saturated rings. The van der Waals surface area contributed by atoms with Crippen LogP contribution in [0.3, 0.4) is 0 Å². The lowest BCUT2D eigenvalue weighted by molar-refractivity contribution is 0.0737. The summed E-state index contributed by atoms with van der Waals surface area (Å²) in [5, 5.41) is 4.15. The standard InChI is InChI=1S/C15H17N7O/c1-19-11-16-10-12(19)15(23)21-8-6-20(7-9-21)13-3-5-22-14(18-13)2-4-17-22/h2-5,10-11H,6-9H2,1H3. The highest BCUT2D eigenvalue weighted by Crippen LogP contribution is 2.16. The van der Waals surface area contributed by atoms with Crippen molar-refractivity contribution in [2.75, 3.05) is 31.1 Å².